The van der Waals surface area contributed by atoms with Gasteiger partial charge in [-0.3, -0.25) is 0 Å². The quantitative estimate of drug-likeness (QED) is 0.379. The smallest absolute Gasteiger partial charge is 0.181 e. The molecule has 0 aliphatic rings. The zero-order valence-electron chi connectivity index (χ0n) is 4.26. The van der Waals surface area contributed by atoms with Crippen LogP contribution in [0.5, 0.6) is 0 Å². The third kappa shape index (κ3) is 5.08. The van der Waals surface area contributed by atoms with E-state index in [4.69, 9.17) is 10.8 Å². The maximum atomic E-state index is 8.27. The minimum absolute atomic E-state index is 0.155. The number of rotatable bonds is 1. The lowest BCUT2D eigenvalue weighted by atomic mass is 10.5. The molecule has 0 heterocycles. The predicted octanol–water partition coefficient (Wildman–Crippen LogP) is 0.921. The molecule has 0 unspecified atom stereocenters. The molecule has 0 atom stereocenters. The molecular formula is C5H9NO. The molecule has 0 aromatic rings. The van der Waals surface area contributed by atoms with E-state index in [1.165, 1.54) is 6.08 Å². The average Bonchev–Trinajstić information content (AvgIpc) is 1.61. The molecule has 0 aromatic heterocycles. The molecule has 0 aliphatic heterocycles. The SMILES string of the molecule is C/C=C\C=C(/N)O. The minimum atomic E-state index is -0.155. The van der Waals surface area contributed by atoms with E-state index in [1.54, 1.807) is 12.2 Å². The lowest BCUT2D eigenvalue weighted by Crippen LogP contribution is -1.91. The van der Waals surface area contributed by atoms with Gasteiger partial charge in [-0.1, -0.05) is 12.2 Å². The van der Waals surface area contributed by atoms with E-state index >= 15 is 0 Å². The van der Waals surface area contributed by atoms with Crippen molar-refractivity contribution in [3.05, 3.63) is 24.1 Å². The summed E-state index contributed by atoms with van der Waals surface area (Å²) in [6.45, 7) is 1.85. The Morgan fingerprint density at radius 3 is 2.43 bits per heavy atom. The molecule has 0 fully saturated rings. The van der Waals surface area contributed by atoms with Gasteiger partial charge in [-0.15, -0.1) is 0 Å². The number of nitrogens with two attached hydrogens (primary N) is 1. The largest absolute Gasteiger partial charge is 0.495 e. The highest BCUT2D eigenvalue weighted by Crippen LogP contribution is 1.75. The summed E-state index contributed by atoms with van der Waals surface area (Å²) in [6, 6.07) is 0. The number of hydrogen-bond donors (Lipinski definition) is 2. The second-order valence-corrected chi connectivity index (χ2v) is 1.12. The Kier molecular flexibility index (Phi) is 2.85. The highest BCUT2D eigenvalue weighted by Gasteiger charge is 1.68. The first kappa shape index (κ1) is 6.08. The van der Waals surface area contributed by atoms with Crippen LogP contribution >= 0.6 is 0 Å². The van der Waals surface area contributed by atoms with Crippen LogP contribution in [0.2, 0.25) is 0 Å². The maximum Gasteiger partial charge on any atom is 0.181 e. The van der Waals surface area contributed by atoms with Gasteiger partial charge in [0.25, 0.3) is 0 Å². The van der Waals surface area contributed by atoms with E-state index < -0.39 is 0 Å². The van der Waals surface area contributed by atoms with Crippen molar-refractivity contribution in [1.29, 1.82) is 0 Å². The van der Waals surface area contributed by atoms with Crippen molar-refractivity contribution in [1.82, 2.24) is 0 Å². The summed E-state index contributed by atoms with van der Waals surface area (Å²) in [4.78, 5) is 0. The van der Waals surface area contributed by atoms with Crippen LogP contribution in [0.4, 0.5) is 0 Å². The van der Waals surface area contributed by atoms with E-state index in [9.17, 15) is 0 Å². The Hall–Kier alpha value is -0.920. The lowest BCUT2D eigenvalue weighted by Gasteiger charge is -1.79. The molecule has 0 spiro atoms. The van der Waals surface area contributed by atoms with Crippen LogP contribution in [0.15, 0.2) is 24.1 Å². The molecule has 0 bridgehead atoms. The van der Waals surface area contributed by atoms with Crippen LogP contribution in [-0.4, -0.2) is 5.11 Å². The third-order valence-electron chi connectivity index (χ3n) is 0.459. The second kappa shape index (κ2) is 3.28. The molecule has 40 valence electrons. The zero-order valence-corrected chi connectivity index (χ0v) is 4.26. The summed E-state index contributed by atoms with van der Waals surface area (Å²) in [5, 5.41) is 8.27. The molecule has 0 amide bonds. The van der Waals surface area contributed by atoms with Gasteiger partial charge in [0.15, 0.2) is 5.88 Å². The third-order valence-corrected chi connectivity index (χ3v) is 0.459. The van der Waals surface area contributed by atoms with Gasteiger partial charge >= 0.3 is 0 Å². The van der Waals surface area contributed by atoms with E-state index in [0.717, 1.165) is 0 Å². The number of hydrogen-bond acceptors (Lipinski definition) is 2. The van der Waals surface area contributed by atoms with Gasteiger partial charge in [0.05, 0.1) is 0 Å². The Morgan fingerprint density at radius 1 is 1.71 bits per heavy atom. The summed E-state index contributed by atoms with van der Waals surface area (Å²) in [6.07, 6.45) is 4.86. The topological polar surface area (TPSA) is 46.2 Å². The molecule has 7 heavy (non-hydrogen) atoms. The fourth-order valence-corrected chi connectivity index (χ4v) is 0.195. The van der Waals surface area contributed by atoms with Crippen LogP contribution in [0.25, 0.3) is 0 Å². The first-order valence-corrected chi connectivity index (χ1v) is 2.04. The van der Waals surface area contributed by atoms with Crippen molar-refractivity contribution < 1.29 is 5.11 Å². The molecule has 2 heteroatoms. The van der Waals surface area contributed by atoms with E-state index in [1.807, 2.05) is 6.92 Å². The summed E-state index contributed by atoms with van der Waals surface area (Å²) in [5.41, 5.74) is 4.84. The van der Waals surface area contributed by atoms with Crippen molar-refractivity contribution in [2.45, 2.75) is 6.92 Å². The molecule has 0 radical (unpaired) electrons. The van der Waals surface area contributed by atoms with Crippen LogP contribution in [-0.2, 0) is 0 Å². The number of allylic oxidation sites excluding steroid dienone is 3. The molecular weight excluding hydrogens is 90.1 g/mol. The first-order valence-electron chi connectivity index (χ1n) is 2.04. The molecule has 3 N–H and O–H groups in total. The monoisotopic (exact) mass is 99.1 g/mol. The summed E-state index contributed by atoms with van der Waals surface area (Å²) >= 11 is 0. The van der Waals surface area contributed by atoms with Crippen LogP contribution in [0, 0.1) is 0 Å². The molecule has 0 aliphatic carbocycles. The van der Waals surface area contributed by atoms with E-state index in [-0.39, 0.29) is 5.88 Å². The summed E-state index contributed by atoms with van der Waals surface area (Å²) in [7, 11) is 0. The fourth-order valence-electron chi connectivity index (χ4n) is 0.195. The van der Waals surface area contributed by atoms with Gasteiger partial charge in [0, 0.05) is 0 Å². The molecule has 2 nitrogen and oxygen atoms in total. The van der Waals surface area contributed by atoms with Gasteiger partial charge in [-0.05, 0) is 13.0 Å². The van der Waals surface area contributed by atoms with Crippen LogP contribution < -0.4 is 5.73 Å². The molecule has 0 saturated heterocycles. The lowest BCUT2D eigenvalue weighted by molar-refractivity contribution is 0.406. The van der Waals surface area contributed by atoms with Gasteiger partial charge in [0.2, 0.25) is 0 Å². The normalized spacial score (nSPS) is 13.0. The van der Waals surface area contributed by atoms with Crippen molar-refractivity contribution in [3.8, 4) is 0 Å². The Bertz CT molecular complexity index is 90.3. The number of aliphatic hydroxyl groups is 1. The Balaban J connectivity index is 3.46. The first-order chi connectivity index (χ1) is 3.27. The van der Waals surface area contributed by atoms with Crippen molar-refractivity contribution in [2.24, 2.45) is 5.73 Å². The van der Waals surface area contributed by atoms with E-state index in [0.29, 0.717) is 0 Å². The standard InChI is InChI=1S/C5H9NO/c1-2-3-4-5(6)7/h2-4,7H,6H2,1H3/b3-2-,5-4+. The van der Waals surface area contributed by atoms with Crippen molar-refractivity contribution in [3.63, 3.8) is 0 Å². The van der Waals surface area contributed by atoms with Gasteiger partial charge in [0.1, 0.15) is 0 Å². The maximum absolute atomic E-state index is 8.27. The average molecular weight is 99.1 g/mol. The highest BCUT2D eigenvalue weighted by atomic mass is 16.3. The number of aliphatic hydroxyl groups excluding tert-OH is 1. The van der Waals surface area contributed by atoms with Crippen molar-refractivity contribution in [2.75, 3.05) is 0 Å². The molecule has 0 rings (SSSR count). The van der Waals surface area contributed by atoms with Gasteiger partial charge < -0.3 is 10.8 Å². The van der Waals surface area contributed by atoms with Crippen LogP contribution in [0.3, 0.4) is 0 Å². The summed E-state index contributed by atoms with van der Waals surface area (Å²) in [5.74, 6) is -0.155. The molecule has 0 aromatic carbocycles. The fraction of sp³-hybridized carbons (Fsp3) is 0.200. The highest BCUT2D eigenvalue weighted by molar-refractivity contribution is 5.02. The van der Waals surface area contributed by atoms with E-state index in [2.05, 4.69) is 0 Å². The van der Waals surface area contributed by atoms with Crippen molar-refractivity contribution >= 4 is 0 Å². The Morgan fingerprint density at radius 2 is 2.29 bits per heavy atom. The summed E-state index contributed by atoms with van der Waals surface area (Å²) < 4.78 is 0. The van der Waals surface area contributed by atoms with Gasteiger partial charge in [-0.25, -0.2) is 0 Å². The predicted molar refractivity (Wildman–Crippen MR) is 29.7 cm³/mol. The van der Waals surface area contributed by atoms with Gasteiger partial charge in [-0.2, -0.15) is 0 Å². The minimum Gasteiger partial charge on any atom is -0.495 e. The second-order valence-electron chi connectivity index (χ2n) is 1.12. The zero-order chi connectivity index (χ0) is 5.70. The Labute approximate surface area is 43.0 Å². The van der Waals surface area contributed by atoms with Crippen LogP contribution in [0.1, 0.15) is 6.92 Å². The molecule has 0 saturated carbocycles.